The summed E-state index contributed by atoms with van der Waals surface area (Å²) in [5.74, 6) is -1.37. The number of fused-ring (bicyclic) bond motifs is 1. The topological polar surface area (TPSA) is 131 Å². The monoisotopic (exact) mass is 558 g/mol. The molecule has 0 fully saturated rings. The summed E-state index contributed by atoms with van der Waals surface area (Å²) in [6, 6.07) is 15.5. The minimum absolute atomic E-state index is 0.0491. The molecule has 0 aromatic heterocycles. The van der Waals surface area contributed by atoms with Crippen LogP contribution in [0.4, 0.5) is 0 Å². The van der Waals surface area contributed by atoms with Crippen molar-refractivity contribution in [2.24, 2.45) is 0 Å². The molecule has 3 rings (SSSR count). The normalized spacial score (nSPS) is 12.6. The minimum Gasteiger partial charge on any atom is -0.508 e. The van der Waals surface area contributed by atoms with Crippen molar-refractivity contribution < 1.29 is 37.4 Å². The first-order valence-electron chi connectivity index (χ1n) is 12.3. The lowest BCUT2D eigenvalue weighted by Gasteiger charge is -2.25. The molecule has 2 N–H and O–H groups in total. The molecule has 0 aliphatic carbocycles. The summed E-state index contributed by atoms with van der Waals surface area (Å²) in [5.41, 5.74) is -0.233. The maximum atomic E-state index is 13.4. The van der Waals surface area contributed by atoms with Crippen LogP contribution < -0.4 is 9.46 Å². The third-order valence-corrected chi connectivity index (χ3v) is 7.27. The van der Waals surface area contributed by atoms with E-state index in [1.165, 1.54) is 32.4 Å². The first-order valence-corrected chi connectivity index (χ1v) is 13.8. The molecule has 0 saturated carbocycles. The Hall–Kier alpha value is -3.67. The number of phenolic OH excluding ortho intramolecular Hbond substituents is 1. The van der Waals surface area contributed by atoms with Crippen LogP contribution in [0.25, 0.3) is 10.8 Å². The van der Waals surface area contributed by atoms with Gasteiger partial charge in [-0.2, -0.15) is 4.72 Å². The number of hydrogen-bond donors (Lipinski definition) is 2. The summed E-state index contributed by atoms with van der Waals surface area (Å²) in [7, 11) is -1.72. The van der Waals surface area contributed by atoms with Crippen LogP contribution in [0.1, 0.15) is 32.8 Å². The van der Waals surface area contributed by atoms with E-state index in [2.05, 4.69) is 4.72 Å². The van der Waals surface area contributed by atoms with Crippen LogP contribution in [0.2, 0.25) is 0 Å². The molecule has 11 heteroatoms. The van der Waals surface area contributed by atoms with Gasteiger partial charge in [0.25, 0.3) is 0 Å². The second-order valence-electron chi connectivity index (χ2n) is 9.81. The van der Waals surface area contributed by atoms with Gasteiger partial charge in [-0.25, -0.2) is 13.5 Å². The Morgan fingerprint density at radius 2 is 1.69 bits per heavy atom. The third kappa shape index (κ3) is 7.92. The Bertz CT molecular complexity index is 1430. The van der Waals surface area contributed by atoms with Gasteiger partial charge >= 0.3 is 5.97 Å². The molecule has 3 aromatic rings. The molecule has 0 radical (unpaired) electrons. The van der Waals surface area contributed by atoms with Crippen molar-refractivity contribution in [3.05, 3.63) is 66.2 Å². The van der Waals surface area contributed by atoms with Crippen molar-refractivity contribution in [2.45, 2.75) is 50.2 Å². The highest BCUT2D eigenvalue weighted by atomic mass is 32.2. The number of benzene rings is 3. The highest BCUT2D eigenvalue weighted by molar-refractivity contribution is 7.89. The zero-order valence-corrected chi connectivity index (χ0v) is 23.4. The summed E-state index contributed by atoms with van der Waals surface area (Å²) in [6.45, 7) is 4.98. The smallest absolute Gasteiger partial charge is 0.325 e. The molecule has 39 heavy (non-hydrogen) atoms. The average Bonchev–Trinajstić information content (AvgIpc) is 2.88. The summed E-state index contributed by atoms with van der Waals surface area (Å²) in [6.07, 6.45) is -0.213. The molecule has 1 unspecified atom stereocenters. The quantitative estimate of drug-likeness (QED) is 0.270. The van der Waals surface area contributed by atoms with E-state index in [-0.39, 0.29) is 23.0 Å². The van der Waals surface area contributed by atoms with Gasteiger partial charge in [-0.15, -0.1) is 0 Å². The van der Waals surface area contributed by atoms with Crippen LogP contribution in [-0.2, 0) is 35.6 Å². The van der Waals surface area contributed by atoms with Gasteiger partial charge < -0.3 is 14.6 Å². The maximum Gasteiger partial charge on any atom is 0.325 e. The molecule has 3 aromatic carbocycles. The van der Waals surface area contributed by atoms with Crippen LogP contribution in [0, 0.1) is 0 Å². The molecule has 1 amide bonds. The Morgan fingerprint density at radius 3 is 2.38 bits per heavy atom. The average molecular weight is 559 g/mol. The van der Waals surface area contributed by atoms with Gasteiger partial charge in [-0.3, -0.25) is 14.4 Å². The van der Waals surface area contributed by atoms with E-state index in [1.54, 1.807) is 32.9 Å². The van der Waals surface area contributed by atoms with Crippen LogP contribution in [0.3, 0.4) is 0 Å². The van der Waals surface area contributed by atoms with E-state index in [1.807, 2.05) is 30.3 Å². The fraction of sp³-hybridized carbons (Fsp3) is 0.357. The number of hydroxylamine groups is 2. The van der Waals surface area contributed by atoms with Gasteiger partial charge in [-0.05, 0) is 49.7 Å². The summed E-state index contributed by atoms with van der Waals surface area (Å²) >= 11 is 0. The standard InChI is InChI=1S/C28H34N2O8S/c1-28(2,3)38-27(33)22(18-26(32)30(4)36-5)29-39(34,35)25-13-9-8-12-24(25)37-17-16-21-20-11-7-6-10-19(20)14-15-23(21)31/h6-15,22,29,31H,16-18H2,1-5H3. The van der Waals surface area contributed by atoms with Gasteiger partial charge in [0, 0.05) is 19.0 Å². The number of esters is 1. The molecular formula is C28H34N2O8S. The van der Waals surface area contributed by atoms with Gasteiger partial charge in [0.05, 0.1) is 20.1 Å². The number of nitrogens with one attached hydrogen (secondary N) is 1. The van der Waals surface area contributed by atoms with Crippen molar-refractivity contribution in [1.82, 2.24) is 9.79 Å². The maximum absolute atomic E-state index is 13.4. The van der Waals surface area contributed by atoms with Crippen molar-refractivity contribution in [3.8, 4) is 11.5 Å². The summed E-state index contributed by atoms with van der Waals surface area (Å²) in [4.78, 5) is 30.0. The predicted molar refractivity (Wildman–Crippen MR) is 146 cm³/mol. The Morgan fingerprint density at radius 1 is 1.03 bits per heavy atom. The first kappa shape index (κ1) is 29.9. The molecular weight excluding hydrogens is 524 g/mol. The van der Waals surface area contributed by atoms with Gasteiger partial charge in [0.2, 0.25) is 15.9 Å². The number of sulfonamides is 1. The lowest BCUT2D eigenvalue weighted by Crippen LogP contribution is -2.46. The Kier molecular flexibility index (Phi) is 9.54. The molecule has 0 spiro atoms. The van der Waals surface area contributed by atoms with Crippen molar-refractivity contribution >= 4 is 32.7 Å². The number of carbonyl (C=O) groups is 2. The number of ether oxygens (including phenoxy) is 2. The number of nitrogens with zero attached hydrogens (tertiary/aromatic N) is 1. The SMILES string of the molecule is CON(C)C(=O)CC(NS(=O)(=O)c1ccccc1OCCc1c(O)ccc2ccccc12)C(=O)OC(C)(C)C. The third-order valence-electron chi connectivity index (χ3n) is 5.76. The number of rotatable bonds is 11. The van der Waals surface area contributed by atoms with Crippen LogP contribution in [0.5, 0.6) is 11.5 Å². The highest BCUT2D eigenvalue weighted by Crippen LogP contribution is 2.29. The van der Waals surface area contributed by atoms with E-state index in [9.17, 15) is 23.1 Å². The highest BCUT2D eigenvalue weighted by Gasteiger charge is 2.33. The molecule has 0 bridgehead atoms. The number of amides is 1. The Balaban J connectivity index is 1.82. The number of phenols is 1. The molecule has 0 saturated heterocycles. The molecule has 0 heterocycles. The number of aromatic hydroxyl groups is 1. The largest absolute Gasteiger partial charge is 0.508 e. The van der Waals surface area contributed by atoms with Crippen LogP contribution >= 0.6 is 0 Å². The number of para-hydroxylation sites is 1. The van der Waals surface area contributed by atoms with Crippen LogP contribution in [0.15, 0.2) is 65.6 Å². The first-order chi connectivity index (χ1) is 18.3. The molecule has 0 aliphatic rings. The minimum atomic E-state index is -4.34. The molecule has 0 aliphatic heterocycles. The van der Waals surface area contributed by atoms with E-state index in [4.69, 9.17) is 14.3 Å². The fourth-order valence-corrected chi connectivity index (χ4v) is 5.17. The predicted octanol–water partition coefficient (Wildman–Crippen LogP) is 3.57. The lowest BCUT2D eigenvalue weighted by molar-refractivity contribution is -0.172. The molecule has 210 valence electrons. The van der Waals surface area contributed by atoms with Crippen molar-refractivity contribution in [1.29, 1.82) is 0 Å². The zero-order chi connectivity index (χ0) is 28.8. The Labute approximate surface area is 228 Å². The second-order valence-corrected chi connectivity index (χ2v) is 11.5. The zero-order valence-electron chi connectivity index (χ0n) is 22.6. The second kappa shape index (κ2) is 12.5. The fourth-order valence-electron chi connectivity index (χ4n) is 3.84. The van der Waals surface area contributed by atoms with Crippen molar-refractivity contribution in [3.63, 3.8) is 0 Å². The summed E-state index contributed by atoms with van der Waals surface area (Å²) < 4.78 is 40.3. The van der Waals surface area contributed by atoms with E-state index in [0.717, 1.165) is 15.8 Å². The van der Waals surface area contributed by atoms with E-state index >= 15 is 0 Å². The molecule has 1 atom stereocenters. The van der Waals surface area contributed by atoms with E-state index < -0.39 is 40.0 Å². The van der Waals surface area contributed by atoms with Gasteiger partial charge in [-0.1, -0.05) is 42.5 Å². The van der Waals surface area contributed by atoms with E-state index in [0.29, 0.717) is 12.0 Å². The van der Waals surface area contributed by atoms with Crippen LogP contribution in [-0.4, -0.2) is 62.9 Å². The van der Waals surface area contributed by atoms with Gasteiger partial charge in [0.1, 0.15) is 28.0 Å². The summed E-state index contributed by atoms with van der Waals surface area (Å²) in [5, 5.41) is 13.1. The van der Waals surface area contributed by atoms with Crippen molar-refractivity contribution in [2.75, 3.05) is 20.8 Å². The lowest BCUT2D eigenvalue weighted by atomic mass is 10.0. The number of hydrogen-bond acceptors (Lipinski definition) is 8. The molecule has 10 nitrogen and oxygen atoms in total. The number of carbonyl (C=O) groups excluding carboxylic acids is 2. The van der Waals surface area contributed by atoms with Gasteiger partial charge in [0.15, 0.2) is 0 Å².